The first kappa shape index (κ1) is 15.0. The number of alkyl halides is 3. The Morgan fingerprint density at radius 2 is 2.09 bits per heavy atom. The van der Waals surface area contributed by atoms with Gasteiger partial charge in [0.15, 0.2) is 0 Å². The van der Waals surface area contributed by atoms with Crippen LogP contribution in [0.4, 0.5) is 13.2 Å². The molecule has 1 aliphatic carbocycles. The normalized spacial score (nSPS) is 24.0. The largest absolute Gasteiger partial charge is 0.449 e. The summed E-state index contributed by atoms with van der Waals surface area (Å²) in [4.78, 5) is 3.78. The van der Waals surface area contributed by atoms with E-state index in [0.29, 0.717) is 17.6 Å². The fraction of sp³-hybridized carbons (Fsp3) is 0.562. The molecule has 2 heterocycles. The summed E-state index contributed by atoms with van der Waals surface area (Å²) in [6.45, 7) is 1.51. The highest BCUT2D eigenvalue weighted by Gasteiger charge is 2.43. The van der Waals surface area contributed by atoms with Crippen LogP contribution in [0.1, 0.15) is 25.1 Å². The zero-order chi connectivity index (χ0) is 16.1. The van der Waals surface area contributed by atoms with E-state index in [1.165, 1.54) is 4.57 Å². The van der Waals surface area contributed by atoms with Crippen molar-refractivity contribution in [1.29, 1.82) is 0 Å². The third-order valence-corrected chi connectivity index (χ3v) is 4.79. The van der Waals surface area contributed by atoms with Crippen molar-refractivity contribution in [3.63, 3.8) is 0 Å². The van der Waals surface area contributed by atoms with E-state index in [2.05, 4.69) is 10.3 Å². The average molecular weight is 325 g/mol. The van der Waals surface area contributed by atoms with Gasteiger partial charge in [0.2, 0.25) is 5.82 Å². The van der Waals surface area contributed by atoms with Gasteiger partial charge in [-0.2, -0.15) is 13.2 Å². The van der Waals surface area contributed by atoms with E-state index in [9.17, 15) is 13.2 Å². The molecule has 2 fully saturated rings. The van der Waals surface area contributed by atoms with E-state index in [1.54, 1.807) is 24.3 Å². The Morgan fingerprint density at radius 1 is 1.30 bits per heavy atom. The molecule has 124 valence electrons. The maximum atomic E-state index is 13.3. The molecule has 1 atom stereocenters. The van der Waals surface area contributed by atoms with Gasteiger partial charge in [-0.05, 0) is 31.4 Å². The Labute approximate surface area is 131 Å². The van der Waals surface area contributed by atoms with Gasteiger partial charge in [0.25, 0.3) is 0 Å². The second-order valence-corrected chi connectivity index (χ2v) is 6.44. The van der Waals surface area contributed by atoms with E-state index in [0.717, 1.165) is 25.8 Å². The quantitative estimate of drug-likeness (QED) is 0.923. The highest BCUT2D eigenvalue weighted by atomic mass is 19.4. The van der Waals surface area contributed by atoms with E-state index < -0.39 is 12.0 Å². The molecule has 7 heteroatoms. The Balaban J connectivity index is 1.67. The Bertz CT molecular complexity index is 721. The van der Waals surface area contributed by atoms with Gasteiger partial charge in [0.05, 0.1) is 29.3 Å². The molecular weight excluding hydrogens is 307 g/mol. The first-order valence-corrected chi connectivity index (χ1v) is 7.88. The number of imidazole rings is 1. The van der Waals surface area contributed by atoms with E-state index in [1.807, 2.05) is 0 Å². The second-order valence-electron chi connectivity index (χ2n) is 6.44. The summed E-state index contributed by atoms with van der Waals surface area (Å²) in [5, 5.41) is 3.31. The lowest BCUT2D eigenvalue weighted by atomic mass is 9.79. The number of nitrogens with zero attached hydrogens (tertiary/aromatic N) is 2. The minimum atomic E-state index is -4.48. The maximum absolute atomic E-state index is 13.3. The molecule has 4 rings (SSSR count). The average Bonchev–Trinajstić information content (AvgIpc) is 2.85. The standard InChI is InChI=1S/C16H18F3N3O/c17-16(18,19)14-21-12-4-1-2-5-13(12)22(14)9-11-8-20-10-15(23-11)6-3-7-15/h1-2,4-5,11,20H,3,6-10H2. The lowest BCUT2D eigenvalue weighted by molar-refractivity contribution is -0.165. The zero-order valence-electron chi connectivity index (χ0n) is 12.6. The molecule has 1 saturated heterocycles. The highest BCUT2D eigenvalue weighted by Crippen LogP contribution is 2.38. The first-order valence-electron chi connectivity index (χ1n) is 7.88. The zero-order valence-corrected chi connectivity index (χ0v) is 12.6. The minimum absolute atomic E-state index is 0.157. The van der Waals surface area contributed by atoms with Gasteiger partial charge >= 0.3 is 6.18 Å². The number of morpholine rings is 1. The number of benzene rings is 1. The smallest absolute Gasteiger partial charge is 0.367 e. The summed E-state index contributed by atoms with van der Waals surface area (Å²) in [5.41, 5.74) is 0.691. The molecule has 23 heavy (non-hydrogen) atoms. The molecule has 1 spiro atoms. The van der Waals surface area contributed by atoms with Crippen molar-refractivity contribution >= 4 is 11.0 Å². The van der Waals surface area contributed by atoms with Crippen molar-refractivity contribution in [3.8, 4) is 0 Å². The van der Waals surface area contributed by atoms with Crippen molar-refractivity contribution < 1.29 is 17.9 Å². The number of aromatic nitrogens is 2. The molecule has 0 amide bonds. The van der Waals surface area contributed by atoms with Gasteiger partial charge in [0, 0.05) is 13.1 Å². The lowest BCUT2D eigenvalue weighted by Gasteiger charge is -2.47. The summed E-state index contributed by atoms with van der Waals surface area (Å²) in [7, 11) is 0. The fourth-order valence-electron chi connectivity index (χ4n) is 3.55. The summed E-state index contributed by atoms with van der Waals surface area (Å²) in [6.07, 6.45) is -1.67. The van der Waals surface area contributed by atoms with Crippen LogP contribution in [0.15, 0.2) is 24.3 Å². The van der Waals surface area contributed by atoms with Crippen LogP contribution in [-0.4, -0.2) is 34.3 Å². The summed E-state index contributed by atoms with van der Waals surface area (Å²) in [6, 6.07) is 6.71. The van der Waals surface area contributed by atoms with Crippen LogP contribution in [-0.2, 0) is 17.5 Å². The number of ether oxygens (including phenoxy) is 1. The Kier molecular flexibility index (Phi) is 3.39. The molecular formula is C16H18F3N3O. The maximum Gasteiger partial charge on any atom is 0.449 e. The van der Waals surface area contributed by atoms with Gasteiger partial charge < -0.3 is 14.6 Å². The molecule has 2 aliphatic rings. The molecule has 1 N–H and O–H groups in total. The molecule has 2 aromatic rings. The van der Waals surface area contributed by atoms with Crippen molar-refractivity contribution in [2.75, 3.05) is 13.1 Å². The van der Waals surface area contributed by atoms with Crippen molar-refractivity contribution in [3.05, 3.63) is 30.1 Å². The number of hydrogen-bond donors (Lipinski definition) is 1. The van der Waals surface area contributed by atoms with Crippen LogP contribution in [0.5, 0.6) is 0 Å². The van der Waals surface area contributed by atoms with E-state index >= 15 is 0 Å². The monoisotopic (exact) mass is 325 g/mol. The first-order chi connectivity index (χ1) is 11.0. The number of hydrogen-bond acceptors (Lipinski definition) is 3. The second kappa shape index (κ2) is 5.21. The molecule has 0 bridgehead atoms. The number of nitrogens with one attached hydrogen (secondary N) is 1. The summed E-state index contributed by atoms with van der Waals surface area (Å²) < 4.78 is 47.4. The van der Waals surface area contributed by atoms with Gasteiger partial charge in [-0.1, -0.05) is 12.1 Å². The lowest BCUT2D eigenvalue weighted by Crippen LogP contribution is -2.58. The molecule has 0 radical (unpaired) electrons. The predicted octanol–water partition coefficient (Wildman–Crippen LogP) is 2.97. The number of para-hydroxylation sites is 2. The van der Waals surface area contributed by atoms with Crippen LogP contribution in [0.25, 0.3) is 11.0 Å². The number of rotatable bonds is 2. The Morgan fingerprint density at radius 3 is 2.78 bits per heavy atom. The summed E-state index contributed by atoms with van der Waals surface area (Å²) >= 11 is 0. The number of halogens is 3. The minimum Gasteiger partial charge on any atom is -0.367 e. The Hall–Kier alpha value is -1.60. The highest BCUT2D eigenvalue weighted by molar-refractivity contribution is 5.76. The van der Waals surface area contributed by atoms with Crippen LogP contribution in [0, 0.1) is 0 Å². The van der Waals surface area contributed by atoms with Crippen LogP contribution in [0.3, 0.4) is 0 Å². The van der Waals surface area contributed by atoms with Crippen LogP contribution >= 0.6 is 0 Å². The molecule has 1 aromatic carbocycles. The molecule has 1 aromatic heterocycles. The van der Waals surface area contributed by atoms with Gasteiger partial charge in [-0.3, -0.25) is 0 Å². The van der Waals surface area contributed by atoms with Crippen LogP contribution in [0.2, 0.25) is 0 Å². The topological polar surface area (TPSA) is 39.1 Å². The van der Waals surface area contributed by atoms with E-state index in [4.69, 9.17) is 4.74 Å². The third-order valence-electron chi connectivity index (χ3n) is 4.79. The van der Waals surface area contributed by atoms with Gasteiger partial charge in [-0.25, -0.2) is 4.98 Å². The van der Waals surface area contributed by atoms with Crippen molar-refractivity contribution in [1.82, 2.24) is 14.9 Å². The fourth-order valence-corrected chi connectivity index (χ4v) is 3.55. The molecule has 1 saturated carbocycles. The number of fused-ring (bicyclic) bond motifs is 1. The van der Waals surface area contributed by atoms with E-state index in [-0.39, 0.29) is 18.2 Å². The van der Waals surface area contributed by atoms with Crippen molar-refractivity contribution in [2.24, 2.45) is 0 Å². The molecule has 1 unspecified atom stereocenters. The molecule has 4 nitrogen and oxygen atoms in total. The SMILES string of the molecule is FC(F)(F)c1nc2ccccc2n1CC1CNCC2(CCC2)O1. The van der Waals surface area contributed by atoms with Gasteiger partial charge in [0.1, 0.15) is 0 Å². The van der Waals surface area contributed by atoms with Gasteiger partial charge in [-0.15, -0.1) is 0 Å². The van der Waals surface area contributed by atoms with Crippen LogP contribution < -0.4 is 5.32 Å². The molecule has 1 aliphatic heterocycles. The predicted molar refractivity (Wildman–Crippen MR) is 79.1 cm³/mol. The third kappa shape index (κ3) is 2.61. The van der Waals surface area contributed by atoms with Crippen molar-refractivity contribution in [2.45, 2.75) is 43.7 Å². The summed E-state index contributed by atoms with van der Waals surface area (Å²) in [5.74, 6) is -0.851.